The first-order valence-corrected chi connectivity index (χ1v) is 8.67. The molecule has 30 heavy (non-hydrogen) atoms. The Balaban J connectivity index is 2.02. The maximum absolute atomic E-state index is 13.0. The van der Waals surface area contributed by atoms with Gasteiger partial charge in [0, 0.05) is 19.5 Å². The van der Waals surface area contributed by atoms with Crippen LogP contribution in [0.25, 0.3) is 0 Å². The molecule has 0 radical (unpaired) electrons. The van der Waals surface area contributed by atoms with Gasteiger partial charge in [0.1, 0.15) is 6.04 Å². The van der Waals surface area contributed by atoms with Gasteiger partial charge in [-0.2, -0.15) is 13.2 Å². The van der Waals surface area contributed by atoms with Crippen LogP contribution in [0.5, 0.6) is 5.75 Å². The van der Waals surface area contributed by atoms with Gasteiger partial charge in [0.2, 0.25) is 11.8 Å². The summed E-state index contributed by atoms with van der Waals surface area (Å²) in [5.41, 5.74) is 4.50. The molecular formula is C17H15F3N4O6. The molecule has 0 bridgehead atoms. The number of piperidine rings is 1. The zero-order valence-corrected chi connectivity index (χ0v) is 15.2. The van der Waals surface area contributed by atoms with Crippen molar-refractivity contribution in [1.82, 2.24) is 10.2 Å². The molecule has 0 spiro atoms. The Morgan fingerprint density at radius 1 is 1.23 bits per heavy atom. The number of alkyl halides is 3. The predicted molar refractivity (Wildman–Crippen MR) is 92.3 cm³/mol. The largest absolute Gasteiger partial charge is 0.491 e. The number of nitrogens with two attached hydrogens (primary N) is 1. The Morgan fingerprint density at radius 3 is 2.53 bits per heavy atom. The lowest BCUT2D eigenvalue weighted by molar-refractivity contribution is -0.189. The second-order valence-corrected chi connectivity index (χ2v) is 6.41. The first-order valence-electron chi connectivity index (χ1n) is 8.67. The number of nitrogens with zero attached hydrogens (tertiary/aromatic N) is 1. The van der Waals surface area contributed by atoms with E-state index in [1.165, 1.54) is 0 Å². The molecule has 1 aromatic carbocycles. The van der Waals surface area contributed by atoms with Crippen molar-refractivity contribution < 1.29 is 41.9 Å². The number of rotatable bonds is 5. The monoisotopic (exact) mass is 428 g/mol. The number of carbonyl (C=O) groups is 5. The van der Waals surface area contributed by atoms with Crippen molar-refractivity contribution in [1.29, 1.82) is 0 Å². The van der Waals surface area contributed by atoms with Crippen LogP contribution in [0.2, 0.25) is 0 Å². The lowest BCUT2D eigenvalue weighted by Crippen LogP contribution is -2.54. The number of nitrogens with one attached hydrogen (secondary N) is 2. The summed E-state index contributed by atoms with van der Waals surface area (Å²) in [6.07, 6.45) is -5.49. The van der Waals surface area contributed by atoms with E-state index in [4.69, 9.17) is 5.73 Å². The minimum Gasteiger partial charge on any atom is -0.418 e. The quantitative estimate of drug-likeness (QED) is 0.335. The average Bonchev–Trinajstić information content (AvgIpc) is 2.91. The van der Waals surface area contributed by atoms with E-state index in [0.717, 1.165) is 12.1 Å². The van der Waals surface area contributed by atoms with Gasteiger partial charge in [-0.25, -0.2) is 4.79 Å². The van der Waals surface area contributed by atoms with Crippen molar-refractivity contribution in [3.8, 4) is 5.75 Å². The van der Waals surface area contributed by atoms with Crippen LogP contribution in [-0.2, 0) is 14.4 Å². The van der Waals surface area contributed by atoms with Crippen molar-refractivity contribution in [2.45, 2.75) is 25.1 Å². The number of carbonyl (C=O) groups excluding carboxylic acids is 5. The smallest absolute Gasteiger partial charge is 0.418 e. The first-order chi connectivity index (χ1) is 14.1. The van der Waals surface area contributed by atoms with Crippen molar-refractivity contribution in [2.24, 2.45) is 5.73 Å². The van der Waals surface area contributed by atoms with Crippen molar-refractivity contribution >= 4 is 35.3 Å². The molecule has 4 amide bonds. The number of amides is 4. The van der Waals surface area contributed by atoms with Crippen LogP contribution in [0.1, 0.15) is 33.6 Å². The fraction of sp³-hybridized carbons (Fsp3) is 0.353. The SMILES string of the molecule is NCCNc1c(OC(=O)C(F)(F)F)ccc2c1C(=O)N(C1CCC(=O)NC1=O)C2=O. The lowest BCUT2D eigenvalue weighted by Gasteiger charge is -2.27. The number of fused-ring (bicyclic) bond motifs is 1. The highest BCUT2D eigenvalue weighted by molar-refractivity contribution is 6.26. The number of anilines is 1. The number of benzene rings is 1. The van der Waals surface area contributed by atoms with Crippen LogP contribution in [0, 0.1) is 0 Å². The number of hydrogen-bond acceptors (Lipinski definition) is 8. The first kappa shape index (κ1) is 21.2. The van der Waals surface area contributed by atoms with E-state index in [-0.39, 0.29) is 42.7 Å². The van der Waals surface area contributed by atoms with Gasteiger partial charge in [-0.15, -0.1) is 0 Å². The Morgan fingerprint density at radius 2 is 1.93 bits per heavy atom. The normalized spacial score (nSPS) is 18.9. The molecule has 2 heterocycles. The van der Waals surface area contributed by atoms with E-state index < -0.39 is 47.6 Å². The van der Waals surface area contributed by atoms with Gasteiger partial charge in [-0.05, 0) is 18.6 Å². The van der Waals surface area contributed by atoms with Gasteiger partial charge in [-0.3, -0.25) is 29.4 Å². The summed E-state index contributed by atoms with van der Waals surface area (Å²) in [7, 11) is 0. The Labute approximate surface area is 166 Å². The van der Waals surface area contributed by atoms with E-state index in [1.807, 2.05) is 5.32 Å². The summed E-state index contributed by atoms with van der Waals surface area (Å²) >= 11 is 0. The molecule has 13 heteroatoms. The molecule has 1 saturated heterocycles. The fourth-order valence-corrected chi connectivity index (χ4v) is 3.15. The fourth-order valence-electron chi connectivity index (χ4n) is 3.15. The third-order valence-electron chi connectivity index (χ3n) is 4.45. The van der Waals surface area contributed by atoms with Crippen molar-refractivity contribution in [3.63, 3.8) is 0 Å². The zero-order valence-electron chi connectivity index (χ0n) is 15.2. The zero-order chi connectivity index (χ0) is 22.2. The van der Waals surface area contributed by atoms with Crippen LogP contribution < -0.4 is 21.1 Å². The molecule has 0 saturated carbocycles. The molecule has 4 N–H and O–H groups in total. The molecule has 1 fully saturated rings. The molecule has 1 aromatic rings. The van der Waals surface area contributed by atoms with Crippen LogP contribution in [-0.4, -0.2) is 59.8 Å². The molecule has 160 valence electrons. The molecule has 1 unspecified atom stereocenters. The summed E-state index contributed by atoms with van der Waals surface area (Å²) in [4.78, 5) is 61.0. The molecule has 1 atom stereocenters. The topological polar surface area (TPSA) is 148 Å². The van der Waals surface area contributed by atoms with E-state index in [0.29, 0.717) is 4.90 Å². The van der Waals surface area contributed by atoms with E-state index in [9.17, 15) is 37.1 Å². The lowest BCUT2D eigenvalue weighted by atomic mass is 10.0. The van der Waals surface area contributed by atoms with Gasteiger partial charge < -0.3 is 15.8 Å². The van der Waals surface area contributed by atoms with E-state index in [1.54, 1.807) is 0 Å². The van der Waals surface area contributed by atoms with Crippen LogP contribution in [0.3, 0.4) is 0 Å². The number of ether oxygens (including phenoxy) is 1. The molecule has 0 aliphatic carbocycles. The second kappa shape index (κ2) is 7.74. The summed E-state index contributed by atoms with van der Waals surface area (Å²) < 4.78 is 42.1. The van der Waals surface area contributed by atoms with Crippen molar-refractivity contribution in [3.05, 3.63) is 23.3 Å². The highest BCUT2D eigenvalue weighted by Gasteiger charge is 2.47. The highest BCUT2D eigenvalue weighted by atomic mass is 19.4. The minimum atomic E-state index is -5.29. The van der Waals surface area contributed by atoms with Gasteiger partial charge in [0.25, 0.3) is 11.8 Å². The molecule has 0 aromatic heterocycles. The van der Waals surface area contributed by atoms with Crippen LogP contribution in [0.4, 0.5) is 18.9 Å². The molecule has 3 rings (SSSR count). The molecular weight excluding hydrogens is 413 g/mol. The average molecular weight is 428 g/mol. The minimum absolute atomic E-state index is 0.00924. The summed E-state index contributed by atoms with van der Waals surface area (Å²) in [6.45, 7) is -0.0117. The van der Waals surface area contributed by atoms with E-state index in [2.05, 4.69) is 10.1 Å². The number of halogens is 3. The van der Waals surface area contributed by atoms with Crippen molar-refractivity contribution in [2.75, 3.05) is 18.4 Å². The van der Waals surface area contributed by atoms with Gasteiger partial charge in [0.15, 0.2) is 5.75 Å². The molecule has 2 aliphatic rings. The summed E-state index contributed by atoms with van der Waals surface area (Å²) in [5.74, 6) is -6.39. The third kappa shape index (κ3) is 3.70. The summed E-state index contributed by atoms with van der Waals surface area (Å²) in [6, 6.07) is 0.688. The maximum atomic E-state index is 13.0. The Bertz CT molecular complexity index is 962. The van der Waals surface area contributed by atoms with Gasteiger partial charge >= 0.3 is 12.1 Å². The van der Waals surface area contributed by atoms with Crippen LogP contribution >= 0.6 is 0 Å². The number of imide groups is 2. The highest BCUT2D eigenvalue weighted by Crippen LogP contribution is 2.38. The third-order valence-corrected chi connectivity index (χ3v) is 4.45. The number of hydrogen-bond donors (Lipinski definition) is 3. The van der Waals surface area contributed by atoms with Gasteiger partial charge in [0.05, 0.1) is 16.8 Å². The summed E-state index contributed by atoms with van der Waals surface area (Å²) in [5, 5.41) is 4.62. The van der Waals surface area contributed by atoms with E-state index >= 15 is 0 Å². The predicted octanol–water partition coefficient (Wildman–Crippen LogP) is -0.0739. The number of esters is 1. The van der Waals surface area contributed by atoms with Gasteiger partial charge in [-0.1, -0.05) is 0 Å². The Kier molecular flexibility index (Phi) is 5.48. The molecule has 10 nitrogen and oxygen atoms in total. The standard InChI is InChI=1S/C17H15F3N4O6/c18-17(19,20)16(29)30-9-3-1-7-11(12(9)22-6-5-21)15(28)24(14(7)27)8-2-4-10(25)23-13(8)26/h1,3,8,22H,2,4-6,21H2,(H,23,25,26). The second-order valence-electron chi connectivity index (χ2n) is 6.41. The molecule has 2 aliphatic heterocycles. The Hall–Kier alpha value is -3.48. The maximum Gasteiger partial charge on any atom is 0.491 e. The van der Waals surface area contributed by atoms with Crippen LogP contribution in [0.15, 0.2) is 12.1 Å².